The van der Waals surface area contributed by atoms with E-state index in [1.165, 1.54) is 4.90 Å². The summed E-state index contributed by atoms with van der Waals surface area (Å²) in [5.41, 5.74) is 5.80. The van der Waals surface area contributed by atoms with Gasteiger partial charge in [-0.15, -0.1) is 0 Å². The third kappa shape index (κ3) is 2.82. The molecule has 5 rings (SSSR count). The lowest BCUT2D eigenvalue weighted by atomic mass is 10.0. The highest BCUT2D eigenvalue weighted by atomic mass is 35.5. The molecular formula is C26H21ClN2O2. The van der Waals surface area contributed by atoms with Gasteiger partial charge in [0.25, 0.3) is 11.8 Å². The summed E-state index contributed by atoms with van der Waals surface area (Å²) in [6, 6.07) is 19.5. The summed E-state index contributed by atoms with van der Waals surface area (Å²) < 4.78 is 2.23. The van der Waals surface area contributed by atoms with E-state index in [2.05, 4.69) is 23.6 Å². The van der Waals surface area contributed by atoms with E-state index in [9.17, 15) is 9.59 Å². The Bertz CT molecular complexity index is 1440. The van der Waals surface area contributed by atoms with E-state index < -0.39 is 11.8 Å². The first-order valence-electron chi connectivity index (χ1n) is 10.3. The molecule has 5 heteroatoms. The lowest BCUT2D eigenvalue weighted by Gasteiger charge is -2.15. The molecule has 0 atom stereocenters. The van der Waals surface area contributed by atoms with Gasteiger partial charge in [-0.05, 0) is 61.7 Å². The fourth-order valence-electron chi connectivity index (χ4n) is 4.41. The number of rotatable bonds is 3. The fourth-order valence-corrected chi connectivity index (χ4v) is 4.68. The van der Waals surface area contributed by atoms with Gasteiger partial charge >= 0.3 is 0 Å². The van der Waals surface area contributed by atoms with Crippen LogP contribution in [0.2, 0.25) is 0 Å². The number of carbonyl (C=O) groups excluding carboxylic acids is 2. The van der Waals surface area contributed by atoms with Crippen LogP contribution in [0.5, 0.6) is 0 Å². The fraction of sp³-hybridized carbons (Fsp3) is 0.154. The van der Waals surface area contributed by atoms with Crippen molar-refractivity contribution in [2.45, 2.75) is 27.3 Å². The molecule has 0 bridgehead atoms. The predicted octanol–water partition coefficient (Wildman–Crippen LogP) is 5.95. The molecule has 4 nitrogen and oxygen atoms in total. The number of amides is 2. The van der Waals surface area contributed by atoms with Gasteiger partial charge in [0, 0.05) is 28.4 Å². The highest BCUT2D eigenvalue weighted by molar-refractivity contribution is 6.60. The number of fused-ring (bicyclic) bond motifs is 3. The summed E-state index contributed by atoms with van der Waals surface area (Å²) in [7, 11) is 0. The minimum Gasteiger partial charge on any atom is -0.341 e. The van der Waals surface area contributed by atoms with E-state index in [1.807, 2.05) is 62.4 Å². The van der Waals surface area contributed by atoms with Gasteiger partial charge in [0.15, 0.2) is 0 Å². The van der Waals surface area contributed by atoms with Crippen LogP contribution in [0.3, 0.4) is 0 Å². The predicted molar refractivity (Wildman–Crippen MR) is 126 cm³/mol. The van der Waals surface area contributed by atoms with Crippen LogP contribution in [0.4, 0.5) is 5.69 Å². The van der Waals surface area contributed by atoms with E-state index in [0.29, 0.717) is 11.3 Å². The normalized spacial score (nSPS) is 14.5. The number of hydrogen-bond acceptors (Lipinski definition) is 2. The summed E-state index contributed by atoms with van der Waals surface area (Å²) in [4.78, 5) is 27.5. The van der Waals surface area contributed by atoms with E-state index in [0.717, 1.165) is 39.5 Å². The highest BCUT2D eigenvalue weighted by Crippen LogP contribution is 2.38. The van der Waals surface area contributed by atoms with Crippen molar-refractivity contribution in [3.63, 3.8) is 0 Å². The number of hydrogen-bond donors (Lipinski definition) is 0. The molecule has 0 spiro atoms. The molecule has 0 saturated carbocycles. The monoisotopic (exact) mass is 428 g/mol. The van der Waals surface area contributed by atoms with Crippen molar-refractivity contribution in [2.24, 2.45) is 0 Å². The maximum Gasteiger partial charge on any atom is 0.277 e. The molecule has 0 unspecified atom stereocenters. The van der Waals surface area contributed by atoms with Gasteiger partial charge in [0.1, 0.15) is 5.03 Å². The summed E-state index contributed by atoms with van der Waals surface area (Å²) in [6.45, 7) is 6.91. The first kappa shape index (κ1) is 19.6. The highest BCUT2D eigenvalue weighted by Gasteiger charge is 2.39. The smallest absolute Gasteiger partial charge is 0.277 e. The van der Waals surface area contributed by atoms with Gasteiger partial charge in [-0.2, -0.15) is 0 Å². The number of carbonyl (C=O) groups is 2. The van der Waals surface area contributed by atoms with Gasteiger partial charge in [-0.25, -0.2) is 4.90 Å². The molecule has 0 N–H and O–H groups in total. The van der Waals surface area contributed by atoms with Gasteiger partial charge in [0.2, 0.25) is 0 Å². The number of benzene rings is 3. The molecule has 3 aromatic carbocycles. The van der Waals surface area contributed by atoms with E-state index in [4.69, 9.17) is 11.6 Å². The van der Waals surface area contributed by atoms with Crippen molar-refractivity contribution in [1.82, 2.24) is 4.57 Å². The molecule has 2 heterocycles. The quantitative estimate of drug-likeness (QED) is 0.378. The Morgan fingerprint density at radius 2 is 1.55 bits per heavy atom. The lowest BCUT2D eigenvalue weighted by molar-refractivity contribution is -0.119. The maximum absolute atomic E-state index is 13.3. The third-order valence-corrected chi connectivity index (χ3v) is 6.50. The molecule has 2 amide bonds. The van der Waals surface area contributed by atoms with Gasteiger partial charge in [-0.3, -0.25) is 9.59 Å². The molecule has 0 aliphatic carbocycles. The van der Waals surface area contributed by atoms with Crippen LogP contribution in [0.25, 0.3) is 27.4 Å². The average molecular weight is 429 g/mol. The summed E-state index contributed by atoms with van der Waals surface area (Å²) in [5, 5.41) is 2.06. The van der Waals surface area contributed by atoms with Crippen LogP contribution in [0.15, 0.2) is 65.7 Å². The average Bonchev–Trinajstić information content (AvgIpc) is 3.20. The Kier molecular flexibility index (Phi) is 4.49. The number of anilines is 1. The molecular weight excluding hydrogens is 408 g/mol. The molecule has 0 fully saturated rings. The van der Waals surface area contributed by atoms with Crippen molar-refractivity contribution in [3.05, 3.63) is 82.4 Å². The number of aryl methyl sites for hydroxylation is 3. The Morgan fingerprint density at radius 3 is 2.29 bits per heavy atom. The first-order chi connectivity index (χ1) is 14.9. The largest absolute Gasteiger partial charge is 0.341 e. The van der Waals surface area contributed by atoms with Crippen LogP contribution in [-0.2, 0) is 16.1 Å². The Balaban J connectivity index is 1.64. The number of nitrogens with zero attached hydrogens (tertiary/aromatic N) is 2. The second kappa shape index (κ2) is 7.10. The SMILES string of the molecule is CCn1c2ccccc2c2cc(N3C(=O)C(Cl)=C(c4ccc(C)c(C)c4)C3=O)ccc21. The zero-order valence-electron chi connectivity index (χ0n) is 17.6. The standard InChI is InChI=1S/C26H21ClN2O2/c1-4-28-21-8-6-5-7-19(21)20-14-18(11-12-22(20)28)29-25(30)23(24(27)26(29)31)17-10-9-15(2)16(3)13-17/h5-14H,4H2,1-3H3. The molecule has 0 radical (unpaired) electrons. The van der Waals surface area contributed by atoms with Crippen molar-refractivity contribution >= 4 is 56.5 Å². The Morgan fingerprint density at radius 1 is 0.806 bits per heavy atom. The van der Waals surface area contributed by atoms with Crippen molar-refractivity contribution in [3.8, 4) is 0 Å². The van der Waals surface area contributed by atoms with E-state index in [-0.39, 0.29) is 10.6 Å². The van der Waals surface area contributed by atoms with Crippen molar-refractivity contribution in [2.75, 3.05) is 4.90 Å². The van der Waals surface area contributed by atoms with Crippen molar-refractivity contribution < 1.29 is 9.59 Å². The minimum atomic E-state index is -0.488. The molecule has 1 aromatic heterocycles. The topological polar surface area (TPSA) is 42.3 Å². The second-order valence-corrected chi connectivity index (χ2v) is 8.27. The summed E-state index contributed by atoms with van der Waals surface area (Å²) in [6.07, 6.45) is 0. The van der Waals surface area contributed by atoms with Crippen LogP contribution >= 0.6 is 11.6 Å². The molecule has 0 saturated heterocycles. The summed E-state index contributed by atoms with van der Waals surface area (Å²) >= 11 is 6.40. The van der Waals surface area contributed by atoms with Crippen molar-refractivity contribution in [1.29, 1.82) is 0 Å². The lowest BCUT2D eigenvalue weighted by Crippen LogP contribution is -2.31. The zero-order valence-corrected chi connectivity index (χ0v) is 18.3. The maximum atomic E-state index is 13.3. The van der Waals surface area contributed by atoms with Crippen LogP contribution in [0.1, 0.15) is 23.6 Å². The number of imide groups is 1. The third-order valence-electron chi connectivity index (χ3n) is 6.15. The van der Waals surface area contributed by atoms with Crippen LogP contribution in [-0.4, -0.2) is 16.4 Å². The molecule has 31 heavy (non-hydrogen) atoms. The molecule has 4 aromatic rings. The zero-order chi connectivity index (χ0) is 21.9. The molecule has 154 valence electrons. The molecule has 1 aliphatic heterocycles. The van der Waals surface area contributed by atoms with Crippen LogP contribution in [0, 0.1) is 13.8 Å². The van der Waals surface area contributed by atoms with E-state index in [1.54, 1.807) is 0 Å². The van der Waals surface area contributed by atoms with Gasteiger partial charge in [0.05, 0.1) is 11.3 Å². The van der Waals surface area contributed by atoms with Crippen LogP contribution < -0.4 is 4.90 Å². The second-order valence-electron chi connectivity index (χ2n) is 7.90. The Labute approximate surface area is 185 Å². The summed E-state index contributed by atoms with van der Waals surface area (Å²) in [5.74, 6) is -0.879. The van der Waals surface area contributed by atoms with Gasteiger partial charge < -0.3 is 4.57 Å². The first-order valence-corrected chi connectivity index (χ1v) is 10.7. The number of para-hydroxylation sites is 1. The minimum absolute atomic E-state index is 0.0377. The number of aromatic nitrogens is 1. The van der Waals surface area contributed by atoms with Gasteiger partial charge in [-0.1, -0.05) is 48.0 Å². The number of halogens is 1. The Hall–Kier alpha value is -3.37. The molecule has 1 aliphatic rings. The van der Waals surface area contributed by atoms with E-state index >= 15 is 0 Å².